The largest absolute Gasteiger partial charge is 0.213 e. The van der Waals surface area contributed by atoms with Crippen LogP contribution < -0.4 is 0 Å². The third-order valence-electron chi connectivity index (χ3n) is 1.36. The van der Waals surface area contributed by atoms with Gasteiger partial charge < -0.3 is 0 Å². The predicted molar refractivity (Wildman–Crippen MR) is 50.7 cm³/mol. The van der Waals surface area contributed by atoms with Gasteiger partial charge in [0.05, 0.1) is 4.90 Å². The second-order valence-electron chi connectivity index (χ2n) is 2.33. The Morgan fingerprint density at radius 3 is 2.42 bits per heavy atom. The molecule has 4 heteroatoms. The summed E-state index contributed by atoms with van der Waals surface area (Å²) in [7, 11) is 0. The first-order chi connectivity index (χ1) is 5.57. The van der Waals surface area contributed by atoms with Crippen molar-refractivity contribution in [3.05, 3.63) is 22.4 Å². The Morgan fingerprint density at radius 2 is 2.08 bits per heavy atom. The quantitative estimate of drug-likeness (QED) is 0.663. The number of allylic oxidation sites excluding steroid dienone is 1. The first kappa shape index (κ1) is 9.74. The number of rotatable bonds is 2. The number of thiophene rings is 1. The SMILES string of the molecule is C=C(C)c1sc(F)c(F)c1SC. The molecule has 0 fully saturated rings. The highest BCUT2D eigenvalue weighted by Gasteiger charge is 2.17. The summed E-state index contributed by atoms with van der Waals surface area (Å²) in [6.07, 6.45) is 1.72. The highest BCUT2D eigenvalue weighted by molar-refractivity contribution is 7.98. The van der Waals surface area contributed by atoms with Crippen LogP contribution in [0.3, 0.4) is 0 Å². The number of halogens is 2. The van der Waals surface area contributed by atoms with E-state index in [1.165, 1.54) is 11.8 Å². The molecule has 0 aliphatic heterocycles. The van der Waals surface area contributed by atoms with Crippen LogP contribution in [0.2, 0.25) is 0 Å². The molecule has 1 aromatic heterocycles. The van der Waals surface area contributed by atoms with Crippen LogP contribution in [0.5, 0.6) is 0 Å². The molecule has 0 aromatic carbocycles. The van der Waals surface area contributed by atoms with Crippen LogP contribution in [0, 0.1) is 10.9 Å². The highest BCUT2D eigenvalue weighted by Crippen LogP contribution is 2.36. The molecule has 1 aromatic rings. The zero-order chi connectivity index (χ0) is 9.30. The summed E-state index contributed by atoms with van der Waals surface area (Å²) in [6, 6.07) is 0. The summed E-state index contributed by atoms with van der Waals surface area (Å²) >= 11 is 2.02. The Labute approximate surface area is 78.3 Å². The fraction of sp³-hybridized carbons (Fsp3) is 0.250. The molecular weight excluding hydrogens is 198 g/mol. The lowest BCUT2D eigenvalue weighted by Crippen LogP contribution is -1.78. The van der Waals surface area contributed by atoms with Gasteiger partial charge in [0.1, 0.15) is 0 Å². The van der Waals surface area contributed by atoms with Crippen LogP contribution in [0.1, 0.15) is 11.8 Å². The molecule has 0 unspecified atom stereocenters. The van der Waals surface area contributed by atoms with E-state index in [1.807, 2.05) is 0 Å². The van der Waals surface area contributed by atoms with E-state index >= 15 is 0 Å². The standard InChI is InChI=1S/C8H8F2S2/c1-4(2)6-7(11-3)5(9)8(10)12-6/h1H2,2-3H3. The summed E-state index contributed by atoms with van der Waals surface area (Å²) in [6.45, 7) is 5.39. The normalized spacial score (nSPS) is 10.3. The molecule has 0 nitrogen and oxygen atoms in total. The molecule has 0 aliphatic rings. The van der Waals surface area contributed by atoms with Crippen LogP contribution in [-0.4, -0.2) is 6.26 Å². The van der Waals surface area contributed by atoms with Crippen LogP contribution in [0.25, 0.3) is 5.57 Å². The Balaban J connectivity index is 3.29. The molecule has 12 heavy (non-hydrogen) atoms. The van der Waals surface area contributed by atoms with E-state index in [1.54, 1.807) is 13.2 Å². The predicted octanol–water partition coefficient (Wildman–Crippen LogP) is 3.78. The van der Waals surface area contributed by atoms with Gasteiger partial charge in [-0.2, -0.15) is 4.39 Å². The zero-order valence-electron chi connectivity index (χ0n) is 6.78. The fourth-order valence-corrected chi connectivity index (χ4v) is 2.63. The Kier molecular flexibility index (Phi) is 2.90. The van der Waals surface area contributed by atoms with Crippen LogP contribution >= 0.6 is 23.1 Å². The summed E-state index contributed by atoms with van der Waals surface area (Å²) in [5.41, 5.74) is 0.701. The minimum atomic E-state index is -0.752. The van der Waals surface area contributed by atoms with Crippen molar-refractivity contribution in [2.24, 2.45) is 0 Å². The van der Waals surface area contributed by atoms with E-state index in [2.05, 4.69) is 6.58 Å². The third-order valence-corrected chi connectivity index (χ3v) is 3.40. The molecule has 0 aliphatic carbocycles. The van der Waals surface area contributed by atoms with Crippen LogP contribution in [-0.2, 0) is 0 Å². The highest BCUT2D eigenvalue weighted by atomic mass is 32.2. The van der Waals surface area contributed by atoms with E-state index in [0.717, 1.165) is 11.3 Å². The zero-order valence-corrected chi connectivity index (χ0v) is 8.41. The molecular formula is C8H8F2S2. The van der Waals surface area contributed by atoms with Crippen molar-refractivity contribution in [2.45, 2.75) is 11.8 Å². The number of hydrogen-bond acceptors (Lipinski definition) is 2. The smallest absolute Gasteiger partial charge is 0.202 e. The molecule has 1 rings (SSSR count). The average Bonchev–Trinajstić information content (AvgIpc) is 2.29. The Morgan fingerprint density at radius 1 is 1.50 bits per heavy atom. The van der Waals surface area contributed by atoms with Gasteiger partial charge in [0.2, 0.25) is 5.13 Å². The molecule has 66 valence electrons. The molecule has 0 bridgehead atoms. The van der Waals surface area contributed by atoms with Gasteiger partial charge in [-0.25, -0.2) is 4.39 Å². The molecule has 0 saturated heterocycles. The Hall–Kier alpha value is -0.350. The maximum atomic E-state index is 13.0. The lowest BCUT2D eigenvalue weighted by Gasteiger charge is -1.97. The van der Waals surface area contributed by atoms with Crippen molar-refractivity contribution in [3.8, 4) is 0 Å². The molecule has 0 atom stereocenters. The first-order valence-electron chi connectivity index (χ1n) is 3.25. The van der Waals surface area contributed by atoms with Gasteiger partial charge in [0.15, 0.2) is 5.82 Å². The molecule has 0 spiro atoms. The van der Waals surface area contributed by atoms with Crippen molar-refractivity contribution in [3.63, 3.8) is 0 Å². The lowest BCUT2D eigenvalue weighted by atomic mass is 10.3. The van der Waals surface area contributed by atoms with Crippen molar-refractivity contribution in [1.82, 2.24) is 0 Å². The second-order valence-corrected chi connectivity index (χ2v) is 4.12. The van der Waals surface area contributed by atoms with Gasteiger partial charge in [0, 0.05) is 4.88 Å². The number of hydrogen-bond donors (Lipinski definition) is 0. The maximum absolute atomic E-state index is 13.0. The van der Waals surface area contributed by atoms with E-state index < -0.39 is 10.9 Å². The summed E-state index contributed by atoms with van der Waals surface area (Å²) in [5, 5.41) is -0.752. The molecule has 0 N–H and O–H groups in total. The molecule has 0 radical (unpaired) electrons. The van der Waals surface area contributed by atoms with E-state index in [0.29, 0.717) is 15.3 Å². The lowest BCUT2D eigenvalue weighted by molar-refractivity contribution is 0.514. The summed E-state index contributed by atoms with van der Waals surface area (Å²) in [4.78, 5) is 0.975. The third kappa shape index (κ3) is 1.54. The van der Waals surface area contributed by atoms with Gasteiger partial charge in [0.25, 0.3) is 0 Å². The molecule has 1 heterocycles. The average molecular weight is 206 g/mol. The van der Waals surface area contributed by atoms with Gasteiger partial charge in [-0.05, 0) is 18.8 Å². The van der Waals surface area contributed by atoms with E-state index in [-0.39, 0.29) is 0 Å². The van der Waals surface area contributed by atoms with Crippen LogP contribution in [0.15, 0.2) is 11.5 Å². The maximum Gasteiger partial charge on any atom is 0.213 e. The molecule has 0 amide bonds. The van der Waals surface area contributed by atoms with Crippen LogP contribution in [0.4, 0.5) is 8.78 Å². The van der Waals surface area contributed by atoms with Gasteiger partial charge in [-0.3, -0.25) is 0 Å². The van der Waals surface area contributed by atoms with Gasteiger partial charge >= 0.3 is 0 Å². The minimum Gasteiger partial charge on any atom is -0.202 e. The second kappa shape index (κ2) is 3.58. The molecule has 0 saturated carbocycles. The van der Waals surface area contributed by atoms with Gasteiger partial charge in [-0.15, -0.1) is 23.1 Å². The first-order valence-corrected chi connectivity index (χ1v) is 5.29. The number of thioether (sulfide) groups is 1. The van der Waals surface area contributed by atoms with E-state index in [9.17, 15) is 8.78 Å². The van der Waals surface area contributed by atoms with Crippen molar-refractivity contribution in [2.75, 3.05) is 6.26 Å². The monoisotopic (exact) mass is 206 g/mol. The van der Waals surface area contributed by atoms with E-state index in [4.69, 9.17) is 0 Å². The topological polar surface area (TPSA) is 0 Å². The van der Waals surface area contributed by atoms with Crippen molar-refractivity contribution in [1.29, 1.82) is 0 Å². The van der Waals surface area contributed by atoms with Crippen molar-refractivity contribution < 1.29 is 8.78 Å². The Bertz CT molecular complexity index is 315. The minimum absolute atomic E-state index is 0.366. The van der Waals surface area contributed by atoms with Gasteiger partial charge in [-0.1, -0.05) is 6.58 Å². The van der Waals surface area contributed by atoms with Crippen molar-refractivity contribution >= 4 is 28.7 Å². The fourth-order valence-electron chi connectivity index (χ4n) is 0.833. The summed E-state index contributed by atoms with van der Waals surface area (Å²) < 4.78 is 25.7. The summed E-state index contributed by atoms with van der Waals surface area (Å²) in [5.74, 6) is -0.745.